The van der Waals surface area contributed by atoms with Crippen LogP contribution in [0, 0.1) is 0 Å². The summed E-state index contributed by atoms with van der Waals surface area (Å²) in [6.45, 7) is 1.30. The summed E-state index contributed by atoms with van der Waals surface area (Å²) in [5.41, 5.74) is 0.874. The molecule has 24 heavy (non-hydrogen) atoms. The highest BCUT2D eigenvalue weighted by molar-refractivity contribution is 7.93. The minimum Gasteiger partial charge on any atom is -0.379 e. The van der Waals surface area contributed by atoms with Crippen LogP contribution in [-0.4, -0.2) is 36.4 Å². The zero-order valence-electron chi connectivity index (χ0n) is 12.8. The molecule has 1 N–H and O–H groups in total. The van der Waals surface area contributed by atoms with Gasteiger partial charge in [0.1, 0.15) is 4.90 Å². The summed E-state index contributed by atoms with van der Waals surface area (Å²) >= 11 is 0. The molecule has 0 amide bonds. The van der Waals surface area contributed by atoms with Crippen LogP contribution in [0.15, 0.2) is 53.8 Å². The lowest BCUT2D eigenvalue weighted by Gasteiger charge is -2.09. The van der Waals surface area contributed by atoms with Gasteiger partial charge in [0.2, 0.25) is 0 Å². The Morgan fingerprint density at radius 1 is 1.25 bits per heavy atom. The van der Waals surface area contributed by atoms with Crippen molar-refractivity contribution in [1.29, 1.82) is 0 Å². The molecule has 0 saturated carbocycles. The van der Waals surface area contributed by atoms with E-state index in [9.17, 15) is 8.42 Å². The average Bonchev–Trinajstić information content (AvgIpc) is 3.25. The lowest BCUT2D eigenvalue weighted by molar-refractivity contribution is 0.184. The van der Waals surface area contributed by atoms with E-state index in [1.54, 1.807) is 35.3 Å². The predicted octanol–water partition coefficient (Wildman–Crippen LogP) is 2.19. The minimum absolute atomic E-state index is 0.151. The summed E-state index contributed by atoms with van der Waals surface area (Å²) in [6, 6.07) is 8.85. The van der Waals surface area contributed by atoms with Gasteiger partial charge >= 0.3 is 0 Å². The van der Waals surface area contributed by atoms with Crippen molar-refractivity contribution in [2.24, 2.45) is 0 Å². The zero-order chi connectivity index (χ0) is 16.6. The number of benzene rings is 1. The van der Waals surface area contributed by atoms with Crippen molar-refractivity contribution in [2.75, 3.05) is 17.9 Å². The van der Waals surface area contributed by atoms with Crippen molar-refractivity contribution < 1.29 is 13.2 Å². The van der Waals surface area contributed by atoms with E-state index in [1.165, 1.54) is 6.20 Å². The lowest BCUT2D eigenvalue weighted by Crippen LogP contribution is -2.13. The summed E-state index contributed by atoms with van der Waals surface area (Å²) in [4.78, 5) is 4.35. The molecule has 8 heteroatoms. The van der Waals surface area contributed by atoms with Gasteiger partial charge in [0.05, 0.1) is 30.0 Å². The second-order valence-electron chi connectivity index (χ2n) is 5.66. The Kier molecular flexibility index (Phi) is 3.70. The number of fused-ring (bicyclic) bond motifs is 1. The Morgan fingerprint density at radius 2 is 2.12 bits per heavy atom. The molecule has 1 aliphatic rings. The Bertz CT molecular complexity index is 972. The molecule has 124 valence electrons. The fourth-order valence-electron chi connectivity index (χ4n) is 2.82. The number of ether oxygens (including phenoxy) is 1. The number of nitrogens with one attached hydrogen (secondary N) is 1. The summed E-state index contributed by atoms with van der Waals surface area (Å²) in [6.07, 6.45) is 5.66. The van der Waals surface area contributed by atoms with Crippen LogP contribution in [0.1, 0.15) is 12.5 Å². The molecule has 0 bridgehead atoms. The Morgan fingerprint density at radius 3 is 2.96 bits per heavy atom. The van der Waals surface area contributed by atoms with Crippen LogP contribution < -0.4 is 4.72 Å². The summed E-state index contributed by atoms with van der Waals surface area (Å²) in [5.74, 6) is 0. The van der Waals surface area contributed by atoms with Crippen molar-refractivity contribution in [3.63, 3.8) is 0 Å². The first-order valence-corrected chi connectivity index (χ1v) is 9.10. The van der Waals surface area contributed by atoms with Crippen LogP contribution in [0.3, 0.4) is 0 Å². The van der Waals surface area contributed by atoms with Gasteiger partial charge in [-0.25, -0.2) is 8.42 Å². The molecule has 7 nitrogen and oxygen atoms in total. The van der Waals surface area contributed by atoms with E-state index < -0.39 is 10.0 Å². The third-order valence-corrected chi connectivity index (χ3v) is 5.43. The quantitative estimate of drug-likeness (QED) is 0.784. The maximum absolute atomic E-state index is 12.7. The van der Waals surface area contributed by atoms with E-state index in [4.69, 9.17) is 4.74 Å². The van der Waals surface area contributed by atoms with E-state index in [0.717, 1.165) is 11.8 Å². The first-order chi connectivity index (χ1) is 11.6. The minimum atomic E-state index is -3.75. The number of nitrogens with zero attached hydrogens (tertiary/aromatic N) is 3. The number of pyridine rings is 1. The molecule has 1 fully saturated rings. The molecule has 3 heterocycles. The third-order valence-electron chi connectivity index (χ3n) is 4.02. The molecule has 4 rings (SSSR count). The zero-order valence-corrected chi connectivity index (χ0v) is 13.6. The van der Waals surface area contributed by atoms with E-state index in [0.29, 0.717) is 24.4 Å². The topological polar surface area (TPSA) is 86.1 Å². The maximum Gasteiger partial charge on any atom is 0.264 e. The van der Waals surface area contributed by atoms with Gasteiger partial charge in [-0.2, -0.15) is 5.10 Å². The molecule has 0 unspecified atom stereocenters. The predicted molar refractivity (Wildman–Crippen MR) is 89.3 cm³/mol. The van der Waals surface area contributed by atoms with E-state index in [1.807, 2.05) is 12.1 Å². The molecule has 1 aromatic carbocycles. The fourth-order valence-corrected chi connectivity index (χ4v) is 4.03. The van der Waals surface area contributed by atoms with Crippen LogP contribution in [0.25, 0.3) is 10.9 Å². The molecule has 0 radical (unpaired) electrons. The second kappa shape index (κ2) is 5.88. The van der Waals surface area contributed by atoms with E-state index >= 15 is 0 Å². The molecule has 0 spiro atoms. The average molecular weight is 344 g/mol. The molecular weight excluding hydrogens is 328 g/mol. The SMILES string of the molecule is O=S(=O)(Nc1cnn([C@H]2CCOC2)c1)c1cccc2cccnc12. The van der Waals surface area contributed by atoms with Gasteiger partial charge in [-0.05, 0) is 18.6 Å². The van der Waals surface area contributed by atoms with Crippen LogP contribution in [-0.2, 0) is 14.8 Å². The molecule has 3 aromatic rings. The normalized spacial score (nSPS) is 18.1. The monoisotopic (exact) mass is 344 g/mol. The van der Waals surface area contributed by atoms with Crippen molar-refractivity contribution in [3.8, 4) is 0 Å². The first kappa shape index (κ1) is 15.1. The highest BCUT2D eigenvalue weighted by atomic mass is 32.2. The molecular formula is C16H16N4O3S. The van der Waals surface area contributed by atoms with Crippen molar-refractivity contribution in [2.45, 2.75) is 17.4 Å². The van der Waals surface area contributed by atoms with E-state index in [2.05, 4.69) is 14.8 Å². The molecule has 2 aromatic heterocycles. The van der Waals surface area contributed by atoms with Crippen molar-refractivity contribution >= 4 is 26.6 Å². The van der Waals surface area contributed by atoms with Gasteiger partial charge in [0.15, 0.2) is 0 Å². The molecule has 1 atom stereocenters. The standard InChI is InChI=1S/C16H16N4O3S/c21-24(22,15-5-1-3-12-4-2-7-17-16(12)15)19-13-9-18-20(10-13)14-6-8-23-11-14/h1-5,7,9-10,14,19H,6,8,11H2/t14-/m0/s1. The Labute approximate surface area is 139 Å². The maximum atomic E-state index is 12.7. The van der Waals surface area contributed by atoms with E-state index in [-0.39, 0.29) is 10.9 Å². The summed E-state index contributed by atoms with van der Waals surface area (Å²) in [7, 11) is -3.75. The number of para-hydroxylation sites is 1. The van der Waals surface area contributed by atoms with Crippen molar-refractivity contribution in [1.82, 2.24) is 14.8 Å². The fraction of sp³-hybridized carbons (Fsp3) is 0.250. The molecule has 1 saturated heterocycles. The van der Waals surface area contributed by atoms with Crippen molar-refractivity contribution in [3.05, 3.63) is 48.9 Å². The highest BCUT2D eigenvalue weighted by Crippen LogP contribution is 2.24. The first-order valence-electron chi connectivity index (χ1n) is 7.62. The summed E-state index contributed by atoms with van der Waals surface area (Å²) in [5, 5.41) is 5.01. The number of hydrogen-bond donors (Lipinski definition) is 1. The third kappa shape index (κ3) is 2.74. The van der Waals surface area contributed by atoms with Gasteiger partial charge in [-0.1, -0.05) is 18.2 Å². The van der Waals surface area contributed by atoms with Crippen LogP contribution in [0.5, 0.6) is 0 Å². The van der Waals surface area contributed by atoms with Gasteiger partial charge in [0.25, 0.3) is 10.0 Å². The van der Waals surface area contributed by atoms with Crippen LogP contribution in [0.2, 0.25) is 0 Å². The highest BCUT2D eigenvalue weighted by Gasteiger charge is 2.21. The number of aromatic nitrogens is 3. The largest absolute Gasteiger partial charge is 0.379 e. The van der Waals surface area contributed by atoms with Gasteiger partial charge in [-0.3, -0.25) is 14.4 Å². The van der Waals surface area contributed by atoms with Crippen LogP contribution in [0.4, 0.5) is 5.69 Å². The molecule has 0 aliphatic carbocycles. The number of hydrogen-bond acceptors (Lipinski definition) is 5. The number of rotatable bonds is 4. The Balaban J connectivity index is 1.65. The smallest absolute Gasteiger partial charge is 0.264 e. The Hall–Kier alpha value is -2.45. The number of anilines is 1. The summed E-state index contributed by atoms with van der Waals surface area (Å²) < 4.78 is 35.1. The molecule has 1 aliphatic heterocycles. The van der Waals surface area contributed by atoms with Crippen LogP contribution >= 0.6 is 0 Å². The van der Waals surface area contributed by atoms with Gasteiger partial charge in [0, 0.05) is 24.4 Å². The van der Waals surface area contributed by atoms with Gasteiger partial charge < -0.3 is 4.74 Å². The lowest BCUT2D eigenvalue weighted by atomic mass is 10.2. The second-order valence-corrected chi connectivity index (χ2v) is 7.31. The number of sulfonamides is 1. The van der Waals surface area contributed by atoms with Gasteiger partial charge in [-0.15, -0.1) is 0 Å².